The molecule has 0 aromatic heterocycles. The molecule has 5 nitrogen and oxygen atoms in total. The first-order valence-electron chi connectivity index (χ1n) is 5.60. The van der Waals surface area contributed by atoms with Crippen molar-refractivity contribution >= 4 is 23.4 Å². The number of carbonyl (C=O) groups excluding carboxylic acids is 2. The number of carbonyl (C=O) groups is 2. The van der Waals surface area contributed by atoms with Crippen LogP contribution in [0.2, 0.25) is 5.02 Å². The summed E-state index contributed by atoms with van der Waals surface area (Å²) in [5.74, 6) is -0.991. The Morgan fingerprint density at radius 2 is 1.89 bits per heavy atom. The molecule has 0 N–H and O–H groups in total. The van der Waals surface area contributed by atoms with Crippen LogP contribution in [0.1, 0.15) is 22.8 Å². The van der Waals surface area contributed by atoms with E-state index in [-0.39, 0.29) is 17.2 Å². The molecule has 6 heteroatoms. The number of ether oxygens (including phenoxy) is 3. The first-order valence-corrected chi connectivity index (χ1v) is 5.98. The fraction of sp³-hybridized carbons (Fsp3) is 0.385. The molecule has 0 aliphatic carbocycles. The number of rotatable bonds is 5. The molecule has 0 aliphatic rings. The predicted octanol–water partition coefficient (Wildman–Crippen LogP) is 2.41. The normalized spacial score (nSPS) is 9.95. The van der Waals surface area contributed by atoms with E-state index in [0.29, 0.717) is 17.1 Å². The number of esters is 1. The van der Waals surface area contributed by atoms with Crippen molar-refractivity contribution in [1.29, 1.82) is 0 Å². The summed E-state index contributed by atoms with van der Waals surface area (Å²) >= 11 is 6.02. The van der Waals surface area contributed by atoms with Crippen LogP contribution in [0.5, 0.6) is 11.5 Å². The monoisotopic (exact) mass is 286 g/mol. The molecular formula is C13H15ClO5. The number of ketones is 1. The van der Waals surface area contributed by atoms with E-state index in [1.54, 1.807) is 13.8 Å². The highest BCUT2D eigenvalue weighted by molar-refractivity contribution is 6.46. The van der Waals surface area contributed by atoms with Gasteiger partial charge in [-0.15, -0.1) is 0 Å². The summed E-state index contributed by atoms with van der Waals surface area (Å²) in [6, 6.07) is 1.43. The molecular weight excluding hydrogens is 272 g/mol. The predicted molar refractivity (Wildman–Crippen MR) is 70.3 cm³/mol. The van der Waals surface area contributed by atoms with E-state index in [4.69, 9.17) is 21.1 Å². The first-order chi connectivity index (χ1) is 8.97. The number of hydrogen-bond donors (Lipinski definition) is 0. The summed E-state index contributed by atoms with van der Waals surface area (Å²) in [6.07, 6.45) is 0. The third kappa shape index (κ3) is 2.98. The minimum atomic E-state index is -0.945. The Balaban J connectivity index is 3.36. The lowest BCUT2D eigenvalue weighted by Crippen LogP contribution is -2.19. The molecule has 0 atom stereocenters. The van der Waals surface area contributed by atoms with Gasteiger partial charge in [-0.25, -0.2) is 4.79 Å². The second-order valence-corrected chi connectivity index (χ2v) is 4.05. The van der Waals surface area contributed by atoms with Gasteiger partial charge < -0.3 is 14.2 Å². The van der Waals surface area contributed by atoms with Gasteiger partial charge in [-0.2, -0.15) is 0 Å². The van der Waals surface area contributed by atoms with Gasteiger partial charge in [-0.05, 0) is 13.8 Å². The number of hydrogen-bond acceptors (Lipinski definition) is 5. The van der Waals surface area contributed by atoms with Gasteiger partial charge in [0.2, 0.25) is 0 Å². The highest BCUT2D eigenvalue weighted by Crippen LogP contribution is 2.37. The van der Waals surface area contributed by atoms with Crippen LogP contribution in [-0.4, -0.2) is 32.6 Å². The van der Waals surface area contributed by atoms with Crippen LogP contribution in [-0.2, 0) is 9.53 Å². The van der Waals surface area contributed by atoms with E-state index in [0.717, 1.165) is 0 Å². The fourth-order valence-electron chi connectivity index (χ4n) is 1.71. The molecule has 0 spiro atoms. The van der Waals surface area contributed by atoms with E-state index in [1.807, 2.05) is 0 Å². The lowest BCUT2D eigenvalue weighted by Gasteiger charge is -2.14. The van der Waals surface area contributed by atoms with Gasteiger partial charge in [0.25, 0.3) is 5.78 Å². The Morgan fingerprint density at radius 1 is 1.26 bits per heavy atom. The van der Waals surface area contributed by atoms with E-state index >= 15 is 0 Å². The molecule has 104 valence electrons. The molecule has 0 saturated carbocycles. The molecule has 0 heterocycles. The van der Waals surface area contributed by atoms with E-state index in [1.165, 1.54) is 20.3 Å². The number of methoxy groups -OCH3 is 2. The SMILES string of the molecule is CCOC(=O)C(=O)c1c(Cl)cc(OC)c(OC)c1C. The van der Waals surface area contributed by atoms with Gasteiger partial charge in [0.15, 0.2) is 11.5 Å². The minimum absolute atomic E-state index is 0.0674. The smallest absolute Gasteiger partial charge is 0.379 e. The lowest BCUT2D eigenvalue weighted by atomic mass is 10.0. The summed E-state index contributed by atoms with van der Waals surface area (Å²) in [5, 5.41) is 0.119. The van der Waals surface area contributed by atoms with Crippen LogP contribution in [0.15, 0.2) is 6.07 Å². The maximum Gasteiger partial charge on any atom is 0.379 e. The number of halogens is 1. The van der Waals surface area contributed by atoms with Crippen LogP contribution in [0.25, 0.3) is 0 Å². The van der Waals surface area contributed by atoms with Gasteiger partial charge in [0.05, 0.1) is 31.4 Å². The Labute approximate surface area is 116 Å². The highest BCUT2D eigenvalue weighted by Gasteiger charge is 2.26. The Morgan fingerprint density at radius 3 is 2.37 bits per heavy atom. The van der Waals surface area contributed by atoms with Crippen molar-refractivity contribution in [3.63, 3.8) is 0 Å². The molecule has 19 heavy (non-hydrogen) atoms. The summed E-state index contributed by atoms with van der Waals surface area (Å²) in [5.41, 5.74) is 0.502. The zero-order valence-corrected chi connectivity index (χ0v) is 12.0. The highest BCUT2D eigenvalue weighted by atomic mass is 35.5. The van der Waals surface area contributed by atoms with Crippen LogP contribution >= 0.6 is 11.6 Å². The topological polar surface area (TPSA) is 61.8 Å². The zero-order valence-electron chi connectivity index (χ0n) is 11.2. The summed E-state index contributed by atoms with van der Waals surface area (Å²) in [4.78, 5) is 23.5. The first kappa shape index (κ1) is 15.3. The molecule has 1 rings (SSSR count). The van der Waals surface area contributed by atoms with Crippen LogP contribution in [0.3, 0.4) is 0 Å². The molecule has 0 fully saturated rings. The van der Waals surface area contributed by atoms with Crippen LogP contribution in [0, 0.1) is 6.92 Å². The zero-order chi connectivity index (χ0) is 14.6. The van der Waals surface area contributed by atoms with Gasteiger partial charge >= 0.3 is 5.97 Å². The maximum atomic E-state index is 12.0. The average Bonchev–Trinajstić information content (AvgIpc) is 2.38. The molecule has 0 unspecified atom stereocenters. The van der Waals surface area contributed by atoms with Crippen molar-refractivity contribution in [2.45, 2.75) is 13.8 Å². The standard InChI is InChI=1S/C13H15ClO5/c1-5-19-13(16)11(15)10-7(2)12(18-4)9(17-3)6-8(10)14/h6H,5H2,1-4H3. The van der Waals surface area contributed by atoms with E-state index < -0.39 is 11.8 Å². The number of benzene rings is 1. The second-order valence-electron chi connectivity index (χ2n) is 3.64. The summed E-state index contributed by atoms with van der Waals surface area (Å²) < 4.78 is 14.9. The van der Waals surface area contributed by atoms with Crippen LogP contribution in [0.4, 0.5) is 0 Å². The number of Topliss-reactive ketones (excluding diaryl/α,β-unsaturated/α-hetero) is 1. The summed E-state index contributed by atoms with van der Waals surface area (Å²) in [7, 11) is 2.90. The van der Waals surface area contributed by atoms with Crippen molar-refractivity contribution in [2.75, 3.05) is 20.8 Å². The molecule has 0 aliphatic heterocycles. The van der Waals surface area contributed by atoms with E-state index in [9.17, 15) is 9.59 Å². The van der Waals surface area contributed by atoms with Crippen molar-refractivity contribution < 1.29 is 23.8 Å². The van der Waals surface area contributed by atoms with Gasteiger partial charge in [-0.1, -0.05) is 11.6 Å². The van der Waals surface area contributed by atoms with Gasteiger partial charge in [0.1, 0.15) is 0 Å². The summed E-state index contributed by atoms with van der Waals surface area (Å²) in [6.45, 7) is 3.36. The molecule has 1 aromatic carbocycles. The molecule has 1 aromatic rings. The lowest BCUT2D eigenvalue weighted by molar-refractivity contribution is -0.137. The van der Waals surface area contributed by atoms with Gasteiger partial charge in [-0.3, -0.25) is 4.79 Å². The van der Waals surface area contributed by atoms with E-state index in [2.05, 4.69) is 4.74 Å². The van der Waals surface area contributed by atoms with Crippen molar-refractivity contribution in [1.82, 2.24) is 0 Å². The van der Waals surface area contributed by atoms with Crippen molar-refractivity contribution in [3.8, 4) is 11.5 Å². The Hall–Kier alpha value is -1.75. The fourth-order valence-corrected chi connectivity index (χ4v) is 2.04. The molecule has 0 bridgehead atoms. The van der Waals surface area contributed by atoms with Crippen molar-refractivity contribution in [3.05, 3.63) is 22.2 Å². The molecule has 0 radical (unpaired) electrons. The third-order valence-corrected chi connectivity index (χ3v) is 2.85. The Bertz CT molecular complexity index is 510. The quantitative estimate of drug-likeness (QED) is 0.472. The largest absolute Gasteiger partial charge is 0.493 e. The third-order valence-electron chi connectivity index (χ3n) is 2.55. The van der Waals surface area contributed by atoms with Gasteiger partial charge in [0, 0.05) is 11.6 Å². The Kier molecular flexibility index (Phi) is 5.18. The minimum Gasteiger partial charge on any atom is -0.493 e. The maximum absolute atomic E-state index is 12.0. The van der Waals surface area contributed by atoms with Crippen molar-refractivity contribution in [2.24, 2.45) is 0 Å². The second kappa shape index (κ2) is 6.43. The molecule has 0 amide bonds. The average molecular weight is 287 g/mol. The molecule has 0 saturated heterocycles. The van der Waals surface area contributed by atoms with Crippen LogP contribution < -0.4 is 9.47 Å².